The number of benzene rings is 2. The van der Waals surface area contributed by atoms with Crippen molar-refractivity contribution in [3.8, 4) is 11.5 Å². The van der Waals surface area contributed by atoms with Crippen LogP contribution in [0.15, 0.2) is 48.5 Å². The molecule has 0 atom stereocenters. The zero-order valence-electron chi connectivity index (χ0n) is 16.5. The van der Waals surface area contributed by atoms with Gasteiger partial charge in [0.05, 0.1) is 24.7 Å². The molecule has 1 heterocycles. The molecule has 1 aliphatic heterocycles. The predicted octanol–water partition coefficient (Wildman–Crippen LogP) is 1.79. The van der Waals surface area contributed by atoms with Crippen LogP contribution in [-0.2, 0) is 14.8 Å². The van der Waals surface area contributed by atoms with Crippen molar-refractivity contribution in [3.63, 3.8) is 0 Å². The minimum absolute atomic E-state index is 0.123. The number of ether oxygens (including phenoxy) is 2. The first-order valence-electron chi connectivity index (χ1n) is 9.22. The standard InChI is InChI=1S/C20H25N3O5S/c1-27-16-7-9-17(10-8-16)28-15-20(24)21-18-5-3-4-6-19(18)22-11-13-23(14-12-22)29(2,25)26/h3-10H,11-15H2,1-2H3,(H,21,24). The van der Waals surface area contributed by atoms with E-state index in [0.29, 0.717) is 43.4 Å². The molecule has 0 bridgehead atoms. The predicted molar refractivity (Wildman–Crippen MR) is 112 cm³/mol. The SMILES string of the molecule is COc1ccc(OCC(=O)Nc2ccccc2N2CCN(S(C)(=O)=O)CC2)cc1. The molecule has 3 rings (SSSR count). The van der Waals surface area contributed by atoms with E-state index in [9.17, 15) is 13.2 Å². The molecule has 156 valence electrons. The van der Waals surface area contributed by atoms with Gasteiger partial charge in [0.25, 0.3) is 5.91 Å². The number of rotatable bonds is 7. The second kappa shape index (κ2) is 9.15. The summed E-state index contributed by atoms with van der Waals surface area (Å²) in [6.07, 6.45) is 1.22. The molecular formula is C20H25N3O5S. The Morgan fingerprint density at radius 1 is 1.00 bits per heavy atom. The number of nitrogens with one attached hydrogen (secondary N) is 1. The van der Waals surface area contributed by atoms with Crippen molar-refractivity contribution in [2.45, 2.75) is 0 Å². The fourth-order valence-electron chi connectivity index (χ4n) is 3.12. The van der Waals surface area contributed by atoms with Gasteiger partial charge in [-0.3, -0.25) is 4.79 Å². The first-order chi connectivity index (χ1) is 13.9. The Labute approximate surface area is 171 Å². The Kier molecular flexibility index (Phi) is 6.60. The molecule has 0 aromatic heterocycles. The molecule has 9 heteroatoms. The van der Waals surface area contributed by atoms with Crippen LogP contribution in [0.5, 0.6) is 11.5 Å². The van der Waals surface area contributed by atoms with E-state index >= 15 is 0 Å². The third-order valence-electron chi connectivity index (χ3n) is 4.66. The van der Waals surface area contributed by atoms with Gasteiger partial charge in [0.15, 0.2) is 6.61 Å². The Morgan fingerprint density at radius 3 is 2.24 bits per heavy atom. The Balaban J connectivity index is 1.59. The lowest BCUT2D eigenvalue weighted by Gasteiger charge is -2.35. The van der Waals surface area contributed by atoms with Crippen LogP contribution in [0.25, 0.3) is 0 Å². The highest BCUT2D eigenvalue weighted by atomic mass is 32.2. The number of piperazine rings is 1. The summed E-state index contributed by atoms with van der Waals surface area (Å²) in [5.41, 5.74) is 1.53. The van der Waals surface area contributed by atoms with E-state index in [4.69, 9.17) is 9.47 Å². The van der Waals surface area contributed by atoms with Gasteiger partial charge in [0, 0.05) is 26.2 Å². The molecule has 1 N–H and O–H groups in total. The Bertz CT molecular complexity index is 939. The lowest BCUT2D eigenvalue weighted by Crippen LogP contribution is -2.48. The summed E-state index contributed by atoms with van der Waals surface area (Å²) in [5.74, 6) is 1.01. The molecule has 0 radical (unpaired) electrons. The number of nitrogens with zero attached hydrogens (tertiary/aromatic N) is 2. The quantitative estimate of drug-likeness (QED) is 0.736. The summed E-state index contributed by atoms with van der Waals surface area (Å²) in [6.45, 7) is 1.83. The van der Waals surface area contributed by atoms with E-state index in [1.54, 1.807) is 31.4 Å². The highest BCUT2D eigenvalue weighted by Gasteiger charge is 2.24. The number of carbonyl (C=O) groups is 1. The number of anilines is 2. The number of para-hydroxylation sites is 2. The Morgan fingerprint density at radius 2 is 1.62 bits per heavy atom. The maximum absolute atomic E-state index is 12.4. The summed E-state index contributed by atoms with van der Waals surface area (Å²) >= 11 is 0. The van der Waals surface area contributed by atoms with Crippen molar-refractivity contribution in [2.24, 2.45) is 0 Å². The first kappa shape index (κ1) is 20.9. The third kappa shape index (κ3) is 5.61. The van der Waals surface area contributed by atoms with Crippen LogP contribution >= 0.6 is 0 Å². The van der Waals surface area contributed by atoms with E-state index in [1.165, 1.54) is 10.6 Å². The molecule has 8 nitrogen and oxygen atoms in total. The molecule has 1 fully saturated rings. The fourth-order valence-corrected chi connectivity index (χ4v) is 3.95. The van der Waals surface area contributed by atoms with Crippen LogP contribution in [0.1, 0.15) is 0 Å². The number of methoxy groups -OCH3 is 1. The van der Waals surface area contributed by atoms with Crippen LogP contribution in [0.2, 0.25) is 0 Å². The summed E-state index contributed by atoms with van der Waals surface area (Å²) in [6, 6.07) is 14.5. The Hall–Kier alpha value is -2.78. The van der Waals surface area contributed by atoms with Gasteiger partial charge < -0.3 is 19.7 Å². The maximum atomic E-state index is 12.4. The van der Waals surface area contributed by atoms with E-state index in [0.717, 1.165) is 5.69 Å². The van der Waals surface area contributed by atoms with Gasteiger partial charge in [-0.2, -0.15) is 4.31 Å². The van der Waals surface area contributed by atoms with Crippen LogP contribution in [0.3, 0.4) is 0 Å². The van der Waals surface area contributed by atoms with Gasteiger partial charge >= 0.3 is 0 Å². The maximum Gasteiger partial charge on any atom is 0.262 e. The van der Waals surface area contributed by atoms with E-state index in [-0.39, 0.29) is 12.5 Å². The molecule has 2 aromatic carbocycles. The van der Waals surface area contributed by atoms with E-state index in [1.807, 2.05) is 24.3 Å². The van der Waals surface area contributed by atoms with Crippen LogP contribution in [0, 0.1) is 0 Å². The first-order valence-corrected chi connectivity index (χ1v) is 11.1. The third-order valence-corrected chi connectivity index (χ3v) is 5.96. The highest BCUT2D eigenvalue weighted by Crippen LogP contribution is 2.27. The van der Waals surface area contributed by atoms with Crippen molar-refractivity contribution >= 4 is 27.3 Å². The molecule has 29 heavy (non-hydrogen) atoms. The van der Waals surface area contributed by atoms with Gasteiger partial charge in [-0.25, -0.2) is 8.42 Å². The lowest BCUT2D eigenvalue weighted by molar-refractivity contribution is -0.118. The second-order valence-electron chi connectivity index (χ2n) is 6.68. The van der Waals surface area contributed by atoms with Gasteiger partial charge in [0.1, 0.15) is 11.5 Å². The zero-order chi connectivity index (χ0) is 20.9. The molecule has 2 aromatic rings. The topological polar surface area (TPSA) is 88.2 Å². The molecule has 0 aliphatic carbocycles. The van der Waals surface area contributed by atoms with Crippen molar-refractivity contribution in [1.29, 1.82) is 0 Å². The van der Waals surface area contributed by atoms with Crippen molar-refractivity contribution in [3.05, 3.63) is 48.5 Å². The molecule has 0 saturated carbocycles. The molecule has 1 aliphatic rings. The average Bonchev–Trinajstić information content (AvgIpc) is 2.72. The number of carbonyl (C=O) groups excluding carboxylic acids is 1. The van der Waals surface area contributed by atoms with Crippen LogP contribution in [0.4, 0.5) is 11.4 Å². The number of sulfonamides is 1. The monoisotopic (exact) mass is 419 g/mol. The van der Waals surface area contributed by atoms with Gasteiger partial charge in [0.2, 0.25) is 10.0 Å². The molecule has 1 saturated heterocycles. The minimum atomic E-state index is -3.19. The van der Waals surface area contributed by atoms with Crippen molar-refractivity contribution < 1.29 is 22.7 Å². The van der Waals surface area contributed by atoms with Crippen LogP contribution < -0.4 is 19.7 Å². The van der Waals surface area contributed by atoms with Crippen LogP contribution in [-0.4, -0.2) is 64.8 Å². The number of hydrogen-bond acceptors (Lipinski definition) is 6. The normalized spacial score (nSPS) is 15.0. The largest absolute Gasteiger partial charge is 0.497 e. The smallest absolute Gasteiger partial charge is 0.262 e. The second-order valence-corrected chi connectivity index (χ2v) is 8.66. The number of hydrogen-bond donors (Lipinski definition) is 1. The number of amides is 1. The summed E-state index contributed by atoms with van der Waals surface area (Å²) < 4.78 is 35.5. The van der Waals surface area contributed by atoms with E-state index in [2.05, 4.69) is 10.2 Å². The van der Waals surface area contributed by atoms with Gasteiger partial charge in [-0.05, 0) is 36.4 Å². The average molecular weight is 420 g/mol. The van der Waals surface area contributed by atoms with Gasteiger partial charge in [-0.15, -0.1) is 0 Å². The minimum Gasteiger partial charge on any atom is -0.497 e. The molecular weight excluding hydrogens is 394 g/mol. The molecule has 0 unspecified atom stereocenters. The fraction of sp³-hybridized carbons (Fsp3) is 0.350. The lowest BCUT2D eigenvalue weighted by atomic mass is 10.2. The van der Waals surface area contributed by atoms with Gasteiger partial charge in [-0.1, -0.05) is 12.1 Å². The summed E-state index contributed by atoms with van der Waals surface area (Å²) in [7, 11) is -1.60. The molecule has 1 amide bonds. The van der Waals surface area contributed by atoms with E-state index < -0.39 is 10.0 Å². The highest BCUT2D eigenvalue weighted by molar-refractivity contribution is 7.88. The summed E-state index contributed by atoms with van der Waals surface area (Å²) in [5, 5.41) is 2.88. The van der Waals surface area contributed by atoms with Crippen molar-refractivity contribution in [2.75, 3.05) is 56.4 Å². The van der Waals surface area contributed by atoms with Crippen molar-refractivity contribution in [1.82, 2.24) is 4.31 Å². The molecule has 0 spiro atoms. The summed E-state index contributed by atoms with van der Waals surface area (Å²) in [4.78, 5) is 14.4. The zero-order valence-corrected chi connectivity index (χ0v) is 17.3.